The number of aryl methyl sites for hydroxylation is 1. The van der Waals surface area contributed by atoms with Crippen LogP contribution in [0.1, 0.15) is 22.0 Å². The number of aliphatic hydroxyl groups excluding tert-OH is 1. The van der Waals surface area contributed by atoms with Gasteiger partial charge >= 0.3 is 0 Å². The highest BCUT2D eigenvalue weighted by molar-refractivity contribution is 7.09. The number of anilines is 1. The number of aliphatic hydroxyl groups is 1. The molecular weight excluding hydrogens is 290 g/mol. The molecule has 0 aliphatic rings. The fraction of sp³-hybridized carbons (Fsp3) is 0.417. The maximum Gasteiger partial charge on any atom is 0.225 e. The summed E-state index contributed by atoms with van der Waals surface area (Å²) >= 11 is 1.52. The maximum absolute atomic E-state index is 9.10. The zero-order valence-electron chi connectivity index (χ0n) is 11.6. The molecule has 21 heavy (non-hydrogen) atoms. The molecule has 2 aromatic heterocycles. The van der Waals surface area contributed by atoms with Gasteiger partial charge in [0.25, 0.3) is 0 Å². The topological polar surface area (TPSA) is 125 Å². The number of hydrogen-bond acceptors (Lipinski definition) is 6. The molecule has 0 atom stereocenters. The fourth-order valence-corrected chi connectivity index (χ4v) is 2.94. The SMILES string of the molecule is Cc1ncc(C[n+]2csc(CCO)c2CN=[N+]=[N-])c(N)n1. The summed E-state index contributed by atoms with van der Waals surface area (Å²) in [4.78, 5) is 12.1. The van der Waals surface area contributed by atoms with Gasteiger partial charge in [0.2, 0.25) is 11.2 Å². The van der Waals surface area contributed by atoms with E-state index in [0.29, 0.717) is 24.6 Å². The van der Waals surface area contributed by atoms with E-state index >= 15 is 0 Å². The maximum atomic E-state index is 9.10. The van der Waals surface area contributed by atoms with Crippen molar-refractivity contribution in [2.45, 2.75) is 26.4 Å². The summed E-state index contributed by atoms with van der Waals surface area (Å²) in [6, 6.07) is 0. The molecule has 2 rings (SSSR count). The monoisotopic (exact) mass is 306 g/mol. The summed E-state index contributed by atoms with van der Waals surface area (Å²) < 4.78 is 1.95. The third kappa shape index (κ3) is 3.66. The average molecular weight is 306 g/mol. The van der Waals surface area contributed by atoms with E-state index in [-0.39, 0.29) is 13.2 Å². The van der Waals surface area contributed by atoms with Crippen molar-refractivity contribution in [3.8, 4) is 0 Å². The van der Waals surface area contributed by atoms with Crippen molar-refractivity contribution in [2.24, 2.45) is 5.11 Å². The van der Waals surface area contributed by atoms with E-state index < -0.39 is 0 Å². The van der Waals surface area contributed by atoms with E-state index in [9.17, 15) is 0 Å². The second kappa shape index (κ2) is 6.98. The predicted octanol–water partition coefficient (Wildman–Crippen LogP) is 1.11. The number of hydrogen-bond donors (Lipinski definition) is 2. The first-order valence-electron chi connectivity index (χ1n) is 6.34. The number of azide groups is 1. The normalized spacial score (nSPS) is 10.4. The highest BCUT2D eigenvalue weighted by Gasteiger charge is 2.20. The average Bonchev–Trinajstić information content (AvgIpc) is 2.82. The molecule has 0 saturated carbocycles. The molecule has 0 bridgehead atoms. The highest BCUT2D eigenvalue weighted by Crippen LogP contribution is 2.15. The minimum absolute atomic E-state index is 0.0551. The van der Waals surface area contributed by atoms with Crippen molar-refractivity contribution in [3.05, 3.63) is 44.1 Å². The van der Waals surface area contributed by atoms with Crippen LogP contribution in [0.25, 0.3) is 10.4 Å². The van der Waals surface area contributed by atoms with Gasteiger partial charge in [0.1, 0.15) is 18.2 Å². The molecule has 0 amide bonds. The molecule has 8 nitrogen and oxygen atoms in total. The molecule has 0 saturated heterocycles. The van der Waals surface area contributed by atoms with E-state index in [1.54, 1.807) is 13.1 Å². The second-order valence-electron chi connectivity index (χ2n) is 4.41. The number of nitrogens with zero attached hydrogens (tertiary/aromatic N) is 6. The number of nitrogen functional groups attached to an aromatic ring is 1. The molecule has 0 spiro atoms. The quantitative estimate of drug-likeness (QED) is 0.359. The zero-order valence-corrected chi connectivity index (χ0v) is 12.4. The summed E-state index contributed by atoms with van der Waals surface area (Å²) in [6.07, 6.45) is 2.24. The first-order chi connectivity index (χ1) is 10.2. The van der Waals surface area contributed by atoms with Gasteiger partial charge in [-0.05, 0) is 12.5 Å². The van der Waals surface area contributed by atoms with Crippen molar-refractivity contribution in [1.29, 1.82) is 0 Å². The third-order valence-electron chi connectivity index (χ3n) is 2.97. The molecule has 0 aliphatic carbocycles. The smallest absolute Gasteiger partial charge is 0.225 e. The lowest BCUT2D eigenvalue weighted by atomic mass is 10.2. The Morgan fingerprint density at radius 3 is 3.05 bits per heavy atom. The van der Waals surface area contributed by atoms with Crippen LogP contribution in [0.2, 0.25) is 0 Å². The Kier molecular flexibility index (Phi) is 5.04. The van der Waals surface area contributed by atoms with Crippen LogP contribution in [-0.2, 0) is 19.5 Å². The van der Waals surface area contributed by atoms with Gasteiger partial charge in [-0.25, -0.2) is 9.97 Å². The van der Waals surface area contributed by atoms with Crippen molar-refractivity contribution >= 4 is 17.2 Å². The van der Waals surface area contributed by atoms with E-state index in [0.717, 1.165) is 16.1 Å². The Hall–Kier alpha value is -2.22. The summed E-state index contributed by atoms with van der Waals surface area (Å²) in [5.41, 5.74) is 18.0. The molecule has 2 aromatic rings. The molecular formula is C12H16N7OS+. The Morgan fingerprint density at radius 2 is 2.38 bits per heavy atom. The minimum Gasteiger partial charge on any atom is -0.396 e. The van der Waals surface area contributed by atoms with Gasteiger partial charge in [-0.3, -0.25) is 0 Å². The van der Waals surface area contributed by atoms with Crippen molar-refractivity contribution in [3.63, 3.8) is 0 Å². The highest BCUT2D eigenvalue weighted by atomic mass is 32.1. The molecule has 0 aliphatic heterocycles. The Labute approximate surface area is 125 Å². The van der Waals surface area contributed by atoms with Gasteiger partial charge in [-0.2, -0.15) is 4.57 Å². The van der Waals surface area contributed by atoms with Crippen LogP contribution in [-0.4, -0.2) is 21.7 Å². The Balaban J connectivity index is 2.32. The third-order valence-corrected chi connectivity index (χ3v) is 4.06. The van der Waals surface area contributed by atoms with Crippen molar-refractivity contribution in [2.75, 3.05) is 12.3 Å². The van der Waals surface area contributed by atoms with Gasteiger partial charge in [-0.1, -0.05) is 16.5 Å². The Bertz CT molecular complexity index is 678. The number of rotatable bonds is 6. The van der Waals surface area contributed by atoms with Crippen LogP contribution in [0.15, 0.2) is 16.8 Å². The summed E-state index contributed by atoms with van der Waals surface area (Å²) in [5, 5.41) is 12.7. The molecule has 0 unspecified atom stereocenters. The molecule has 2 heterocycles. The summed E-state index contributed by atoms with van der Waals surface area (Å²) in [5.74, 6) is 1.07. The van der Waals surface area contributed by atoms with Crippen LogP contribution in [0.4, 0.5) is 5.82 Å². The van der Waals surface area contributed by atoms with Crippen LogP contribution < -0.4 is 10.3 Å². The molecule has 0 fully saturated rings. The van der Waals surface area contributed by atoms with E-state index in [2.05, 4.69) is 20.0 Å². The first kappa shape index (κ1) is 15.2. The summed E-state index contributed by atoms with van der Waals surface area (Å²) in [7, 11) is 0. The summed E-state index contributed by atoms with van der Waals surface area (Å²) in [6.45, 7) is 2.58. The van der Waals surface area contributed by atoms with Crippen LogP contribution in [0.5, 0.6) is 0 Å². The lowest BCUT2D eigenvalue weighted by molar-refractivity contribution is -0.691. The lowest BCUT2D eigenvalue weighted by Gasteiger charge is -2.03. The van der Waals surface area contributed by atoms with E-state index in [1.807, 2.05) is 10.1 Å². The van der Waals surface area contributed by atoms with Gasteiger partial charge in [0.15, 0.2) is 6.54 Å². The van der Waals surface area contributed by atoms with Crippen molar-refractivity contribution < 1.29 is 9.67 Å². The zero-order chi connectivity index (χ0) is 15.2. The van der Waals surface area contributed by atoms with E-state index in [1.165, 1.54) is 11.3 Å². The minimum atomic E-state index is 0.0551. The standard InChI is InChI=1S/C12H16N7OS/c1-8-15-4-9(12(13)17-8)6-19-7-21-11(2-3-20)10(19)5-16-18-14/h4,7,20H,2-3,5-6H2,1H3,(H2,13,15,17)/q+1. The number of nitrogens with two attached hydrogens (primary N) is 1. The number of aromatic nitrogens is 3. The second-order valence-corrected chi connectivity index (χ2v) is 5.35. The fourth-order valence-electron chi connectivity index (χ4n) is 1.95. The van der Waals surface area contributed by atoms with Crippen LogP contribution in [0, 0.1) is 6.92 Å². The molecule has 9 heteroatoms. The van der Waals surface area contributed by atoms with Gasteiger partial charge < -0.3 is 10.8 Å². The molecule has 0 aromatic carbocycles. The molecule has 3 N–H and O–H groups in total. The van der Waals surface area contributed by atoms with E-state index in [4.69, 9.17) is 16.4 Å². The van der Waals surface area contributed by atoms with Crippen LogP contribution >= 0.6 is 11.3 Å². The molecule has 110 valence electrons. The largest absolute Gasteiger partial charge is 0.396 e. The Morgan fingerprint density at radius 1 is 1.57 bits per heavy atom. The first-order valence-corrected chi connectivity index (χ1v) is 7.22. The van der Waals surface area contributed by atoms with Gasteiger partial charge in [0.05, 0.1) is 10.4 Å². The number of thiazole rings is 1. The van der Waals surface area contributed by atoms with Gasteiger partial charge in [-0.15, -0.1) is 0 Å². The van der Waals surface area contributed by atoms with Crippen LogP contribution in [0.3, 0.4) is 0 Å². The van der Waals surface area contributed by atoms with Gasteiger partial charge in [0, 0.05) is 24.1 Å². The predicted molar refractivity (Wildman–Crippen MR) is 78.4 cm³/mol. The van der Waals surface area contributed by atoms with Crippen molar-refractivity contribution in [1.82, 2.24) is 9.97 Å². The lowest BCUT2D eigenvalue weighted by Crippen LogP contribution is -2.37. The molecule has 0 radical (unpaired) electrons.